The predicted molar refractivity (Wildman–Crippen MR) is 144 cm³/mol. The molecule has 9 nitrogen and oxygen atoms in total. The highest BCUT2D eigenvalue weighted by atomic mass is 15.2. The van der Waals surface area contributed by atoms with Crippen molar-refractivity contribution in [2.45, 2.75) is 39.0 Å². The summed E-state index contributed by atoms with van der Waals surface area (Å²) >= 11 is 0. The number of aromatic nitrogens is 7. The molecule has 0 radical (unpaired) electrons. The Balaban J connectivity index is 1.37. The fourth-order valence-corrected chi connectivity index (χ4v) is 4.85. The number of imidazole rings is 1. The number of fused-ring (bicyclic) bond motifs is 2. The number of nitrogens with one attached hydrogen (secondary N) is 3. The van der Waals surface area contributed by atoms with Gasteiger partial charge in [0.15, 0.2) is 17.2 Å². The number of piperidine rings is 1. The summed E-state index contributed by atoms with van der Waals surface area (Å²) in [7, 11) is 0. The fraction of sp³-hybridized carbons (Fsp3) is 0.296. The standard InChI is InChI=1S/C27H29N9/c1-3-7-17(2)30-19-14-18(15-28-16-19)20-8-9-21-23(31-20)25(35-34-21)27-32-24-22(10-11-29-26(24)33-27)36-12-5-4-6-13-36/h8-11,14-16,30H,2-7,12-13H2,1H3,(H,34,35)(H,29,32,33). The summed E-state index contributed by atoms with van der Waals surface area (Å²) in [6, 6.07) is 8.07. The maximum Gasteiger partial charge on any atom is 0.180 e. The Morgan fingerprint density at radius 2 is 2.00 bits per heavy atom. The maximum atomic E-state index is 4.95. The van der Waals surface area contributed by atoms with Crippen molar-refractivity contribution in [2.24, 2.45) is 0 Å². The van der Waals surface area contributed by atoms with Gasteiger partial charge >= 0.3 is 0 Å². The molecule has 0 atom stereocenters. The molecule has 5 aromatic rings. The van der Waals surface area contributed by atoms with Crippen molar-refractivity contribution >= 4 is 33.6 Å². The van der Waals surface area contributed by atoms with Crippen LogP contribution in [0.25, 0.3) is 45.0 Å². The van der Waals surface area contributed by atoms with E-state index in [1.807, 2.05) is 30.6 Å². The zero-order chi connectivity index (χ0) is 24.5. The molecule has 3 N–H and O–H groups in total. The first-order valence-electron chi connectivity index (χ1n) is 12.5. The van der Waals surface area contributed by atoms with Crippen LogP contribution in [0, 0.1) is 0 Å². The number of aromatic amines is 2. The number of allylic oxidation sites excluding steroid dienone is 1. The Labute approximate surface area is 209 Å². The summed E-state index contributed by atoms with van der Waals surface area (Å²) in [5.74, 6) is 0.655. The molecule has 0 aliphatic carbocycles. The summed E-state index contributed by atoms with van der Waals surface area (Å²) in [5.41, 5.74) is 8.64. The smallest absolute Gasteiger partial charge is 0.180 e. The Kier molecular flexibility index (Phi) is 5.80. The molecule has 1 fully saturated rings. The van der Waals surface area contributed by atoms with Crippen LogP contribution < -0.4 is 10.2 Å². The number of rotatable bonds is 7. The minimum Gasteiger partial charge on any atom is -0.370 e. The van der Waals surface area contributed by atoms with Crippen LogP contribution in [0.2, 0.25) is 0 Å². The van der Waals surface area contributed by atoms with E-state index in [1.165, 1.54) is 19.3 Å². The first-order valence-corrected chi connectivity index (χ1v) is 12.5. The first-order chi connectivity index (χ1) is 17.7. The topological polar surface area (TPSA) is 111 Å². The largest absolute Gasteiger partial charge is 0.370 e. The highest BCUT2D eigenvalue weighted by Gasteiger charge is 2.20. The van der Waals surface area contributed by atoms with Crippen LogP contribution in [0.5, 0.6) is 0 Å². The molecule has 0 bridgehead atoms. The number of hydrogen-bond donors (Lipinski definition) is 3. The summed E-state index contributed by atoms with van der Waals surface area (Å²) in [6.45, 7) is 8.33. The van der Waals surface area contributed by atoms with Crippen LogP contribution in [0.15, 0.2) is 55.1 Å². The van der Waals surface area contributed by atoms with E-state index in [1.54, 1.807) is 6.20 Å². The van der Waals surface area contributed by atoms with Crippen molar-refractivity contribution in [3.63, 3.8) is 0 Å². The molecule has 1 aliphatic heterocycles. The normalized spacial score (nSPS) is 14.0. The molecule has 6 rings (SSSR count). The van der Waals surface area contributed by atoms with Crippen molar-refractivity contribution in [2.75, 3.05) is 23.3 Å². The maximum absolute atomic E-state index is 4.95. The molecule has 0 spiro atoms. The molecule has 1 saturated heterocycles. The third-order valence-corrected chi connectivity index (χ3v) is 6.61. The molecule has 0 aromatic carbocycles. The van der Waals surface area contributed by atoms with Gasteiger partial charge in [-0.15, -0.1) is 0 Å². The number of pyridine rings is 3. The molecule has 0 unspecified atom stereocenters. The molecule has 182 valence electrons. The minimum absolute atomic E-state index is 0.655. The van der Waals surface area contributed by atoms with E-state index in [0.717, 1.165) is 70.8 Å². The molecule has 6 heterocycles. The van der Waals surface area contributed by atoms with E-state index >= 15 is 0 Å². The third-order valence-electron chi connectivity index (χ3n) is 6.61. The van der Waals surface area contributed by atoms with E-state index in [4.69, 9.17) is 9.97 Å². The Bertz CT molecular complexity index is 1540. The summed E-state index contributed by atoms with van der Waals surface area (Å²) in [5, 5.41) is 11.0. The lowest BCUT2D eigenvalue weighted by Crippen LogP contribution is -2.29. The molecule has 0 saturated carbocycles. The van der Waals surface area contributed by atoms with Gasteiger partial charge in [0.2, 0.25) is 0 Å². The van der Waals surface area contributed by atoms with Gasteiger partial charge in [0.05, 0.1) is 28.8 Å². The second-order valence-electron chi connectivity index (χ2n) is 9.27. The second kappa shape index (κ2) is 9.41. The quantitative estimate of drug-likeness (QED) is 0.276. The van der Waals surface area contributed by atoms with E-state index in [9.17, 15) is 0 Å². The highest BCUT2D eigenvalue weighted by Crippen LogP contribution is 2.31. The minimum atomic E-state index is 0.655. The van der Waals surface area contributed by atoms with Crippen LogP contribution in [-0.2, 0) is 0 Å². The highest BCUT2D eigenvalue weighted by molar-refractivity contribution is 5.93. The molecular formula is C27H29N9. The summed E-state index contributed by atoms with van der Waals surface area (Å²) in [4.78, 5) is 24.5. The van der Waals surface area contributed by atoms with Crippen LogP contribution in [0.4, 0.5) is 11.4 Å². The van der Waals surface area contributed by atoms with Crippen molar-refractivity contribution < 1.29 is 0 Å². The van der Waals surface area contributed by atoms with Gasteiger partial charge in [-0.2, -0.15) is 5.10 Å². The van der Waals surface area contributed by atoms with Gasteiger partial charge in [-0.05, 0) is 49.9 Å². The van der Waals surface area contributed by atoms with E-state index in [2.05, 4.69) is 54.9 Å². The zero-order valence-electron chi connectivity index (χ0n) is 20.4. The molecule has 9 heteroatoms. The van der Waals surface area contributed by atoms with Gasteiger partial charge in [0.25, 0.3) is 0 Å². The molecule has 5 aromatic heterocycles. The number of H-pyrrole nitrogens is 2. The average Bonchev–Trinajstić information content (AvgIpc) is 3.53. The Morgan fingerprint density at radius 3 is 2.86 bits per heavy atom. The first kappa shape index (κ1) is 22.2. The van der Waals surface area contributed by atoms with Crippen LogP contribution >= 0.6 is 0 Å². The predicted octanol–water partition coefficient (Wildman–Crippen LogP) is 5.67. The Hall–Kier alpha value is -4.27. The third kappa shape index (κ3) is 4.17. The number of hydrogen-bond acceptors (Lipinski definition) is 7. The van der Waals surface area contributed by atoms with Crippen LogP contribution in [0.3, 0.4) is 0 Å². The van der Waals surface area contributed by atoms with Crippen molar-refractivity contribution in [3.8, 4) is 22.8 Å². The Morgan fingerprint density at radius 1 is 1.11 bits per heavy atom. The molecule has 36 heavy (non-hydrogen) atoms. The van der Waals surface area contributed by atoms with Crippen molar-refractivity contribution in [1.82, 2.24) is 35.1 Å². The lowest BCUT2D eigenvalue weighted by molar-refractivity contribution is 0.578. The van der Waals surface area contributed by atoms with Crippen molar-refractivity contribution in [3.05, 3.63) is 55.1 Å². The summed E-state index contributed by atoms with van der Waals surface area (Å²) in [6.07, 6.45) is 11.1. The van der Waals surface area contributed by atoms with Crippen molar-refractivity contribution in [1.29, 1.82) is 0 Å². The van der Waals surface area contributed by atoms with Gasteiger partial charge in [-0.1, -0.05) is 19.9 Å². The lowest BCUT2D eigenvalue weighted by Gasteiger charge is -2.28. The summed E-state index contributed by atoms with van der Waals surface area (Å²) < 4.78 is 0. The van der Waals surface area contributed by atoms with Crippen LogP contribution in [-0.4, -0.2) is 48.2 Å². The van der Waals surface area contributed by atoms with Gasteiger partial charge < -0.3 is 15.2 Å². The average molecular weight is 480 g/mol. The zero-order valence-corrected chi connectivity index (χ0v) is 20.4. The van der Waals surface area contributed by atoms with Gasteiger partial charge in [-0.3, -0.25) is 10.1 Å². The number of anilines is 2. The second-order valence-corrected chi connectivity index (χ2v) is 9.27. The van der Waals surface area contributed by atoms with Gasteiger partial charge in [0.1, 0.15) is 11.0 Å². The van der Waals surface area contributed by atoms with Gasteiger partial charge in [-0.25, -0.2) is 15.0 Å². The fourth-order valence-electron chi connectivity index (χ4n) is 4.85. The SMILES string of the molecule is C=C(CCC)Nc1cncc(-c2ccc3[nH]nc(-c4nc5nccc(N6CCCCC6)c5[nH]4)c3n2)c1. The molecule has 1 aliphatic rings. The monoisotopic (exact) mass is 479 g/mol. The molecule has 0 amide bonds. The van der Waals surface area contributed by atoms with E-state index in [0.29, 0.717) is 17.2 Å². The lowest BCUT2D eigenvalue weighted by atomic mass is 10.1. The molecular weight excluding hydrogens is 450 g/mol. The number of nitrogens with zero attached hydrogens (tertiary/aromatic N) is 6. The van der Waals surface area contributed by atoms with Gasteiger partial charge in [0, 0.05) is 36.7 Å². The van der Waals surface area contributed by atoms with E-state index < -0.39 is 0 Å². The van der Waals surface area contributed by atoms with E-state index in [-0.39, 0.29) is 0 Å². The van der Waals surface area contributed by atoms with Crippen LogP contribution in [0.1, 0.15) is 39.0 Å².